The fourth-order valence-corrected chi connectivity index (χ4v) is 2.94. The van der Waals surface area contributed by atoms with Gasteiger partial charge in [0.1, 0.15) is 0 Å². The zero-order valence-electron chi connectivity index (χ0n) is 14.1. The van der Waals surface area contributed by atoms with E-state index in [2.05, 4.69) is 4.98 Å². The molecule has 0 aliphatic carbocycles. The van der Waals surface area contributed by atoms with Gasteiger partial charge in [0.15, 0.2) is 0 Å². The van der Waals surface area contributed by atoms with Gasteiger partial charge in [-0.05, 0) is 12.1 Å². The summed E-state index contributed by atoms with van der Waals surface area (Å²) in [6, 6.07) is 9.67. The van der Waals surface area contributed by atoms with Gasteiger partial charge < -0.3 is 9.80 Å². The SMILES string of the molecule is O=C(Cc1ccccc1[N+](=O)[O-])N1CCN(C(=O)c2cccnc2)CC1. The molecule has 1 saturated heterocycles. The van der Waals surface area contributed by atoms with Crippen molar-refractivity contribution >= 4 is 17.5 Å². The highest BCUT2D eigenvalue weighted by molar-refractivity contribution is 5.94. The second kappa shape index (κ2) is 7.73. The zero-order chi connectivity index (χ0) is 18.5. The molecule has 0 N–H and O–H groups in total. The van der Waals surface area contributed by atoms with Crippen molar-refractivity contribution in [3.63, 3.8) is 0 Å². The van der Waals surface area contributed by atoms with Gasteiger partial charge in [0.2, 0.25) is 5.91 Å². The van der Waals surface area contributed by atoms with Gasteiger partial charge in [0.25, 0.3) is 11.6 Å². The van der Waals surface area contributed by atoms with Crippen LogP contribution in [0, 0.1) is 10.1 Å². The van der Waals surface area contributed by atoms with Crippen LogP contribution in [0.1, 0.15) is 15.9 Å². The molecule has 0 atom stereocenters. The molecule has 8 nitrogen and oxygen atoms in total. The quantitative estimate of drug-likeness (QED) is 0.612. The minimum atomic E-state index is -0.479. The number of rotatable bonds is 4. The number of carbonyl (C=O) groups excluding carboxylic acids is 2. The van der Waals surface area contributed by atoms with E-state index < -0.39 is 4.92 Å². The second-order valence-electron chi connectivity index (χ2n) is 5.98. The molecule has 1 aliphatic rings. The monoisotopic (exact) mass is 354 g/mol. The molecular formula is C18H18N4O4. The van der Waals surface area contributed by atoms with Crippen molar-refractivity contribution in [3.8, 4) is 0 Å². The van der Waals surface area contributed by atoms with Crippen molar-refractivity contribution in [1.29, 1.82) is 0 Å². The maximum Gasteiger partial charge on any atom is 0.273 e. The van der Waals surface area contributed by atoms with E-state index in [4.69, 9.17) is 0 Å². The lowest BCUT2D eigenvalue weighted by Gasteiger charge is -2.34. The molecule has 2 aromatic rings. The Morgan fingerprint density at radius 1 is 1.04 bits per heavy atom. The first-order valence-corrected chi connectivity index (χ1v) is 8.25. The predicted molar refractivity (Wildman–Crippen MR) is 93.5 cm³/mol. The van der Waals surface area contributed by atoms with Gasteiger partial charge in [-0.1, -0.05) is 18.2 Å². The third-order valence-corrected chi connectivity index (χ3v) is 4.36. The summed E-state index contributed by atoms with van der Waals surface area (Å²) in [5.74, 6) is -0.281. The Morgan fingerprint density at radius 2 is 1.73 bits per heavy atom. The van der Waals surface area contributed by atoms with Crippen LogP contribution in [0.15, 0.2) is 48.8 Å². The number of hydrogen-bond acceptors (Lipinski definition) is 5. The lowest BCUT2D eigenvalue weighted by atomic mass is 10.1. The summed E-state index contributed by atoms with van der Waals surface area (Å²) in [5, 5.41) is 11.1. The number of nitro benzene ring substituents is 1. The maximum absolute atomic E-state index is 12.5. The largest absolute Gasteiger partial charge is 0.339 e. The maximum atomic E-state index is 12.5. The van der Waals surface area contributed by atoms with E-state index in [0.717, 1.165) is 0 Å². The van der Waals surface area contributed by atoms with Crippen LogP contribution in [0.3, 0.4) is 0 Å². The number of amides is 2. The Bertz CT molecular complexity index is 817. The number of aromatic nitrogens is 1. The van der Waals surface area contributed by atoms with Crippen LogP contribution in [0.5, 0.6) is 0 Å². The van der Waals surface area contributed by atoms with Gasteiger partial charge in [-0.3, -0.25) is 24.7 Å². The van der Waals surface area contributed by atoms with Crippen LogP contribution in [-0.4, -0.2) is 57.7 Å². The van der Waals surface area contributed by atoms with Gasteiger partial charge in [-0.25, -0.2) is 0 Å². The van der Waals surface area contributed by atoms with Crippen molar-refractivity contribution in [3.05, 3.63) is 70.0 Å². The molecule has 26 heavy (non-hydrogen) atoms. The van der Waals surface area contributed by atoms with Crippen LogP contribution in [0.4, 0.5) is 5.69 Å². The average molecular weight is 354 g/mol. The van der Waals surface area contributed by atoms with Crippen molar-refractivity contribution in [2.75, 3.05) is 26.2 Å². The first kappa shape index (κ1) is 17.5. The Morgan fingerprint density at radius 3 is 2.38 bits per heavy atom. The Kier molecular flexibility index (Phi) is 5.21. The highest BCUT2D eigenvalue weighted by Crippen LogP contribution is 2.19. The molecule has 1 fully saturated rings. The lowest BCUT2D eigenvalue weighted by molar-refractivity contribution is -0.385. The van der Waals surface area contributed by atoms with Gasteiger partial charge in [-0.15, -0.1) is 0 Å². The summed E-state index contributed by atoms with van der Waals surface area (Å²) in [7, 11) is 0. The molecule has 2 heterocycles. The fraction of sp³-hybridized carbons (Fsp3) is 0.278. The van der Waals surface area contributed by atoms with E-state index in [1.807, 2.05) is 0 Å². The van der Waals surface area contributed by atoms with Crippen molar-refractivity contribution in [2.45, 2.75) is 6.42 Å². The van der Waals surface area contributed by atoms with Crippen LogP contribution in [0.2, 0.25) is 0 Å². The minimum absolute atomic E-state index is 0.0201. The van der Waals surface area contributed by atoms with E-state index in [-0.39, 0.29) is 23.9 Å². The van der Waals surface area contributed by atoms with Crippen molar-refractivity contribution in [1.82, 2.24) is 14.8 Å². The fourth-order valence-electron chi connectivity index (χ4n) is 2.94. The first-order valence-electron chi connectivity index (χ1n) is 8.25. The number of hydrogen-bond donors (Lipinski definition) is 0. The van der Waals surface area contributed by atoms with E-state index in [1.165, 1.54) is 12.3 Å². The van der Waals surface area contributed by atoms with Gasteiger partial charge >= 0.3 is 0 Å². The van der Waals surface area contributed by atoms with Crippen LogP contribution < -0.4 is 0 Å². The third kappa shape index (κ3) is 3.85. The first-order chi connectivity index (χ1) is 12.6. The third-order valence-electron chi connectivity index (χ3n) is 4.36. The summed E-state index contributed by atoms with van der Waals surface area (Å²) in [5.41, 5.74) is 0.870. The number of piperazine rings is 1. The number of para-hydroxylation sites is 1. The molecule has 134 valence electrons. The van der Waals surface area contributed by atoms with E-state index in [0.29, 0.717) is 37.3 Å². The van der Waals surface area contributed by atoms with Crippen LogP contribution >= 0.6 is 0 Å². The number of pyridine rings is 1. The number of nitrogens with zero attached hydrogens (tertiary/aromatic N) is 4. The summed E-state index contributed by atoms with van der Waals surface area (Å²) in [4.78, 5) is 42.7. The molecule has 1 aliphatic heterocycles. The lowest BCUT2D eigenvalue weighted by Crippen LogP contribution is -2.51. The Hall–Kier alpha value is -3.29. The standard InChI is InChI=1S/C18H18N4O4/c23-17(12-14-4-1-2-6-16(14)22(25)26)20-8-10-21(11-9-20)18(24)15-5-3-7-19-13-15/h1-7,13H,8-12H2. The summed E-state index contributed by atoms with van der Waals surface area (Å²) in [6.45, 7) is 1.67. The van der Waals surface area contributed by atoms with Crippen LogP contribution in [-0.2, 0) is 11.2 Å². The van der Waals surface area contributed by atoms with Gasteiger partial charge in [0.05, 0.1) is 16.9 Å². The van der Waals surface area contributed by atoms with Gasteiger partial charge in [0, 0.05) is 50.2 Å². The summed E-state index contributed by atoms with van der Waals surface area (Å²) in [6.07, 6.45) is 3.11. The van der Waals surface area contributed by atoms with E-state index in [9.17, 15) is 19.7 Å². The highest BCUT2D eigenvalue weighted by atomic mass is 16.6. The average Bonchev–Trinajstić information content (AvgIpc) is 2.68. The normalized spacial score (nSPS) is 14.2. The smallest absolute Gasteiger partial charge is 0.273 e. The topological polar surface area (TPSA) is 96.6 Å². The molecule has 0 spiro atoms. The predicted octanol–water partition coefficient (Wildman–Crippen LogP) is 1.52. The Balaban J connectivity index is 1.59. The highest BCUT2D eigenvalue weighted by Gasteiger charge is 2.26. The number of carbonyl (C=O) groups is 2. The molecule has 0 bridgehead atoms. The van der Waals surface area contributed by atoms with E-state index >= 15 is 0 Å². The molecule has 1 aromatic carbocycles. The minimum Gasteiger partial charge on any atom is -0.339 e. The second-order valence-corrected chi connectivity index (χ2v) is 5.98. The number of nitro groups is 1. The molecule has 1 aromatic heterocycles. The molecule has 0 saturated carbocycles. The Labute approximate surface area is 150 Å². The molecule has 2 amide bonds. The van der Waals surface area contributed by atoms with Gasteiger partial charge in [-0.2, -0.15) is 0 Å². The molecular weight excluding hydrogens is 336 g/mol. The molecule has 0 radical (unpaired) electrons. The van der Waals surface area contributed by atoms with Crippen LogP contribution in [0.25, 0.3) is 0 Å². The van der Waals surface area contributed by atoms with E-state index in [1.54, 1.807) is 46.3 Å². The van der Waals surface area contributed by atoms with Crippen molar-refractivity contribution in [2.24, 2.45) is 0 Å². The van der Waals surface area contributed by atoms with Crippen molar-refractivity contribution < 1.29 is 14.5 Å². The zero-order valence-corrected chi connectivity index (χ0v) is 14.1. The summed E-state index contributed by atoms with van der Waals surface area (Å²) < 4.78 is 0. The summed E-state index contributed by atoms with van der Waals surface area (Å²) >= 11 is 0. The molecule has 0 unspecified atom stereocenters. The molecule has 3 rings (SSSR count). The molecule has 8 heteroatoms. The number of benzene rings is 1.